The average Bonchev–Trinajstić information content (AvgIpc) is 2.18. The van der Waals surface area contributed by atoms with E-state index >= 15 is 0 Å². The Kier molecular flexibility index (Phi) is 4.73. The molecule has 0 saturated heterocycles. The number of hydrogen-bond acceptors (Lipinski definition) is 2. The molecule has 0 radical (unpaired) electrons. The number of phenolic OH excluding ortho intramolecular Hbond substituents is 1. The molecule has 0 aliphatic carbocycles. The van der Waals surface area contributed by atoms with E-state index in [4.69, 9.17) is 16.3 Å². The van der Waals surface area contributed by atoms with Crippen molar-refractivity contribution >= 4 is 11.6 Å². The van der Waals surface area contributed by atoms with E-state index in [1.807, 2.05) is 0 Å². The van der Waals surface area contributed by atoms with Crippen molar-refractivity contribution in [3.05, 3.63) is 28.8 Å². The lowest BCUT2D eigenvalue weighted by Gasteiger charge is -2.04. The van der Waals surface area contributed by atoms with Crippen LogP contribution in [0.2, 0.25) is 5.02 Å². The van der Waals surface area contributed by atoms with Crippen molar-refractivity contribution in [2.45, 2.75) is 6.54 Å². The Labute approximate surface area is 88.7 Å². The highest BCUT2D eigenvalue weighted by atomic mass is 35.5. The predicted molar refractivity (Wildman–Crippen MR) is 55.5 cm³/mol. The lowest BCUT2D eigenvalue weighted by molar-refractivity contribution is -0.671. The summed E-state index contributed by atoms with van der Waals surface area (Å²) in [4.78, 5) is 0. The molecule has 0 aliphatic heterocycles. The van der Waals surface area contributed by atoms with E-state index in [0.29, 0.717) is 17.4 Å². The fourth-order valence-electron chi connectivity index (χ4n) is 1.18. The van der Waals surface area contributed by atoms with E-state index in [9.17, 15) is 5.11 Å². The van der Waals surface area contributed by atoms with Gasteiger partial charge in [0.2, 0.25) is 0 Å². The number of ether oxygens (including phenoxy) is 1. The summed E-state index contributed by atoms with van der Waals surface area (Å²) >= 11 is 5.81. The third kappa shape index (κ3) is 3.54. The number of halogens is 1. The van der Waals surface area contributed by atoms with Gasteiger partial charge in [0.05, 0.1) is 13.2 Å². The quantitative estimate of drug-likeness (QED) is 0.714. The van der Waals surface area contributed by atoms with Crippen LogP contribution in [0.15, 0.2) is 18.2 Å². The summed E-state index contributed by atoms with van der Waals surface area (Å²) in [6.07, 6.45) is 0. The molecule has 0 heterocycles. The summed E-state index contributed by atoms with van der Waals surface area (Å²) in [5, 5.41) is 12.2. The smallest absolute Gasteiger partial charge is 0.124 e. The van der Waals surface area contributed by atoms with Gasteiger partial charge in [0.25, 0.3) is 0 Å². The molecule has 3 nitrogen and oxygen atoms in total. The van der Waals surface area contributed by atoms with Crippen molar-refractivity contribution in [1.29, 1.82) is 0 Å². The molecule has 3 N–H and O–H groups in total. The highest BCUT2D eigenvalue weighted by molar-refractivity contribution is 6.30. The number of quaternary nitrogens is 1. The normalized spacial score (nSPS) is 10.4. The number of methoxy groups -OCH3 is 1. The van der Waals surface area contributed by atoms with E-state index < -0.39 is 0 Å². The number of rotatable bonds is 5. The van der Waals surface area contributed by atoms with Crippen molar-refractivity contribution in [3.8, 4) is 5.75 Å². The Balaban J connectivity index is 2.45. The second kappa shape index (κ2) is 5.86. The molecule has 0 unspecified atom stereocenters. The van der Waals surface area contributed by atoms with Gasteiger partial charge in [-0.3, -0.25) is 0 Å². The minimum atomic E-state index is 0.295. The molecule has 0 aliphatic rings. The Morgan fingerprint density at radius 3 is 3.00 bits per heavy atom. The van der Waals surface area contributed by atoms with Crippen LogP contribution >= 0.6 is 11.6 Å². The number of benzene rings is 1. The molecule has 0 atom stereocenters. The highest BCUT2D eigenvalue weighted by Gasteiger charge is 2.03. The van der Waals surface area contributed by atoms with Crippen LogP contribution in [0, 0.1) is 0 Å². The van der Waals surface area contributed by atoms with Crippen molar-refractivity contribution < 1.29 is 15.2 Å². The lowest BCUT2D eigenvalue weighted by atomic mass is 10.2. The molecule has 78 valence electrons. The molecule has 1 aromatic rings. The first kappa shape index (κ1) is 11.3. The van der Waals surface area contributed by atoms with Crippen LogP contribution in [0.1, 0.15) is 5.56 Å². The van der Waals surface area contributed by atoms with Gasteiger partial charge in [-0.05, 0) is 18.2 Å². The first-order valence-corrected chi connectivity index (χ1v) is 4.90. The first-order chi connectivity index (χ1) is 6.74. The number of phenols is 1. The molecule has 0 fully saturated rings. The average molecular weight is 217 g/mol. The zero-order valence-corrected chi connectivity index (χ0v) is 8.92. The largest absolute Gasteiger partial charge is 0.507 e. The highest BCUT2D eigenvalue weighted by Crippen LogP contribution is 2.20. The Bertz CT molecular complexity index is 291. The van der Waals surface area contributed by atoms with Crippen molar-refractivity contribution in [3.63, 3.8) is 0 Å². The van der Waals surface area contributed by atoms with E-state index in [1.165, 1.54) is 0 Å². The topological polar surface area (TPSA) is 46.1 Å². The molecule has 0 saturated carbocycles. The van der Waals surface area contributed by atoms with E-state index in [2.05, 4.69) is 5.32 Å². The van der Waals surface area contributed by atoms with Gasteiger partial charge in [-0.1, -0.05) is 11.6 Å². The fraction of sp³-hybridized carbons (Fsp3) is 0.400. The van der Waals surface area contributed by atoms with Gasteiger partial charge in [-0.2, -0.15) is 0 Å². The van der Waals surface area contributed by atoms with Crippen LogP contribution < -0.4 is 5.32 Å². The lowest BCUT2D eigenvalue weighted by Crippen LogP contribution is -2.83. The van der Waals surface area contributed by atoms with Crippen molar-refractivity contribution in [2.75, 3.05) is 20.3 Å². The SMILES string of the molecule is COCC[NH2+]Cc1cc(Cl)ccc1O. The Morgan fingerprint density at radius 2 is 2.29 bits per heavy atom. The minimum Gasteiger partial charge on any atom is -0.507 e. The summed E-state index contributed by atoms with van der Waals surface area (Å²) in [6, 6.07) is 5.07. The molecule has 0 aromatic heterocycles. The first-order valence-electron chi connectivity index (χ1n) is 4.52. The number of nitrogens with two attached hydrogens (primary N) is 1. The fourth-order valence-corrected chi connectivity index (χ4v) is 1.37. The van der Waals surface area contributed by atoms with Gasteiger partial charge in [0.15, 0.2) is 0 Å². The maximum Gasteiger partial charge on any atom is 0.124 e. The van der Waals surface area contributed by atoms with Crippen LogP contribution in [0.25, 0.3) is 0 Å². The number of aromatic hydroxyl groups is 1. The number of hydrogen-bond donors (Lipinski definition) is 2. The van der Waals surface area contributed by atoms with E-state index in [0.717, 1.165) is 18.7 Å². The standard InChI is InChI=1S/C10H14ClNO2/c1-14-5-4-12-7-8-6-9(11)2-3-10(8)13/h2-3,6,12-13H,4-5,7H2,1H3/p+1. The van der Waals surface area contributed by atoms with Gasteiger partial charge in [0, 0.05) is 17.7 Å². The molecule has 0 bridgehead atoms. The van der Waals surface area contributed by atoms with E-state index in [1.54, 1.807) is 25.3 Å². The van der Waals surface area contributed by atoms with Gasteiger partial charge < -0.3 is 15.2 Å². The Hall–Kier alpha value is -0.770. The van der Waals surface area contributed by atoms with Crippen LogP contribution in [0.4, 0.5) is 0 Å². The third-order valence-electron chi connectivity index (χ3n) is 1.93. The molecule has 1 rings (SSSR count). The molecular weight excluding hydrogens is 202 g/mol. The molecular formula is C10H15ClNO2+. The second-order valence-electron chi connectivity index (χ2n) is 3.05. The van der Waals surface area contributed by atoms with Gasteiger partial charge in [-0.15, -0.1) is 0 Å². The minimum absolute atomic E-state index is 0.295. The zero-order valence-electron chi connectivity index (χ0n) is 8.16. The van der Waals surface area contributed by atoms with Gasteiger partial charge >= 0.3 is 0 Å². The maximum absolute atomic E-state index is 9.48. The van der Waals surface area contributed by atoms with E-state index in [-0.39, 0.29) is 0 Å². The van der Waals surface area contributed by atoms with Gasteiger partial charge in [-0.25, -0.2) is 0 Å². The maximum atomic E-state index is 9.48. The summed E-state index contributed by atoms with van der Waals surface area (Å²) in [7, 11) is 1.67. The third-order valence-corrected chi connectivity index (χ3v) is 2.17. The summed E-state index contributed by atoms with van der Waals surface area (Å²) in [6.45, 7) is 2.31. The summed E-state index contributed by atoms with van der Waals surface area (Å²) < 4.78 is 4.91. The molecule has 1 aromatic carbocycles. The summed E-state index contributed by atoms with van der Waals surface area (Å²) in [5.41, 5.74) is 0.855. The van der Waals surface area contributed by atoms with Crippen molar-refractivity contribution in [2.24, 2.45) is 0 Å². The zero-order chi connectivity index (χ0) is 10.4. The predicted octanol–water partition coefficient (Wildman–Crippen LogP) is 0.755. The Morgan fingerprint density at radius 1 is 1.50 bits per heavy atom. The van der Waals surface area contributed by atoms with Gasteiger partial charge in [0.1, 0.15) is 12.3 Å². The van der Waals surface area contributed by atoms with Crippen LogP contribution in [0.5, 0.6) is 5.75 Å². The van der Waals surface area contributed by atoms with Crippen LogP contribution in [-0.4, -0.2) is 25.4 Å². The summed E-state index contributed by atoms with van der Waals surface area (Å²) in [5.74, 6) is 0.295. The molecule has 4 heteroatoms. The molecule has 0 spiro atoms. The molecule has 14 heavy (non-hydrogen) atoms. The monoisotopic (exact) mass is 216 g/mol. The van der Waals surface area contributed by atoms with Crippen LogP contribution in [0.3, 0.4) is 0 Å². The molecule has 0 amide bonds. The second-order valence-corrected chi connectivity index (χ2v) is 3.48. The van der Waals surface area contributed by atoms with Crippen LogP contribution in [-0.2, 0) is 11.3 Å². The van der Waals surface area contributed by atoms with Crippen molar-refractivity contribution in [1.82, 2.24) is 0 Å².